The molecule has 2 heterocycles. The summed E-state index contributed by atoms with van der Waals surface area (Å²) in [4.78, 5) is 11.7. The molecular weight excluding hydrogens is 264 g/mol. The van der Waals surface area contributed by atoms with E-state index in [9.17, 15) is 0 Å². The molecule has 21 heavy (non-hydrogen) atoms. The lowest BCUT2D eigenvalue weighted by atomic mass is 10.1. The van der Waals surface area contributed by atoms with Crippen molar-refractivity contribution in [3.63, 3.8) is 0 Å². The van der Waals surface area contributed by atoms with E-state index >= 15 is 0 Å². The molecule has 1 aromatic rings. The third-order valence-corrected chi connectivity index (χ3v) is 3.69. The molecule has 0 aliphatic carbocycles. The number of piperidine rings is 1. The quantitative estimate of drug-likeness (QED) is 0.837. The number of rotatable bonds is 7. The Balaban J connectivity index is 2.16. The minimum Gasteiger partial charge on any atom is -0.377 e. The average Bonchev–Trinajstić information content (AvgIpc) is 2.48. The summed E-state index contributed by atoms with van der Waals surface area (Å²) in [6, 6.07) is 2.07. The van der Waals surface area contributed by atoms with Crippen LogP contribution in [0.3, 0.4) is 0 Å². The van der Waals surface area contributed by atoms with Gasteiger partial charge in [-0.15, -0.1) is 0 Å². The van der Waals surface area contributed by atoms with Gasteiger partial charge in [0.1, 0.15) is 17.5 Å². The van der Waals surface area contributed by atoms with Gasteiger partial charge >= 0.3 is 0 Å². The second-order valence-corrected chi connectivity index (χ2v) is 5.47. The predicted molar refractivity (Wildman–Crippen MR) is 87.1 cm³/mol. The Morgan fingerprint density at radius 3 is 2.90 bits per heavy atom. The Bertz CT molecular complexity index is 412. The number of anilines is 2. The van der Waals surface area contributed by atoms with Crippen molar-refractivity contribution in [2.45, 2.75) is 52.6 Å². The fourth-order valence-corrected chi connectivity index (χ4v) is 2.77. The lowest BCUT2D eigenvalue weighted by Crippen LogP contribution is -2.40. The minimum absolute atomic E-state index is 0.330. The molecule has 1 aromatic heterocycles. The second kappa shape index (κ2) is 8.17. The number of hydrogen-bond acceptors (Lipinski definition) is 5. The molecule has 2 rings (SSSR count). The third kappa shape index (κ3) is 4.56. The molecule has 1 N–H and O–H groups in total. The van der Waals surface area contributed by atoms with Crippen LogP contribution in [-0.4, -0.2) is 42.3 Å². The number of ether oxygens (including phenoxy) is 1. The van der Waals surface area contributed by atoms with Gasteiger partial charge in [0.2, 0.25) is 0 Å². The number of aryl methyl sites for hydroxylation is 1. The molecule has 5 heteroatoms. The van der Waals surface area contributed by atoms with Crippen molar-refractivity contribution < 1.29 is 4.74 Å². The first-order valence-electron chi connectivity index (χ1n) is 8.25. The molecule has 0 bridgehead atoms. The van der Waals surface area contributed by atoms with Crippen molar-refractivity contribution in [2.24, 2.45) is 0 Å². The van der Waals surface area contributed by atoms with Crippen molar-refractivity contribution in [3.05, 3.63) is 11.9 Å². The topological polar surface area (TPSA) is 50.3 Å². The van der Waals surface area contributed by atoms with Gasteiger partial charge in [-0.25, -0.2) is 9.97 Å². The molecule has 1 saturated heterocycles. The van der Waals surface area contributed by atoms with E-state index in [2.05, 4.69) is 42.0 Å². The van der Waals surface area contributed by atoms with Crippen LogP contribution in [0.5, 0.6) is 0 Å². The van der Waals surface area contributed by atoms with Crippen molar-refractivity contribution in [2.75, 3.05) is 36.5 Å². The van der Waals surface area contributed by atoms with E-state index in [-0.39, 0.29) is 0 Å². The molecule has 1 aliphatic rings. The number of hydrogen-bond donors (Lipinski definition) is 1. The summed E-state index contributed by atoms with van der Waals surface area (Å²) in [7, 11) is 0. The van der Waals surface area contributed by atoms with Crippen LogP contribution in [-0.2, 0) is 11.2 Å². The Hall–Kier alpha value is -1.36. The summed E-state index contributed by atoms with van der Waals surface area (Å²) in [5, 5.41) is 3.31. The van der Waals surface area contributed by atoms with Gasteiger partial charge < -0.3 is 15.0 Å². The van der Waals surface area contributed by atoms with Crippen LogP contribution >= 0.6 is 0 Å². The maximum atomic E-state index is 5.79. The number of nitrogens with one attached hydrogen (secondary N) is 1. The fourth-order valence-electron chi connectivity index (χ4n) is 2.77. The monoisotopic (exact) mass is 292 g/mol. The summed E-state index contributed by atoms with van der Waals surface area (Å²) in [6.45, 7) is 9.96. The van der Waals surface area contributed by atoms with Crippen molar-refractivity contribution in [3.8, 4) is 0 Å². The van der Waals surface area contributed by atoms with E-state index in [4.69, 9.17) is 9.72 Å². The zero-order chi connectivity index (χ0) is 15.1. The highest BCUT2D eigenvalue weighted by atomic mass is 16.5. The van der Waals surface area contributed by atoms with Crippen LogP contribution < -0.4 is 10.2 Å². The van der Waals surface area contributed by atoms with Crippen molar-refractivity contribution in [1.82, 2.24) is 9.97 Å². The maximum absolute atomic E-state index is 5.79. The van der Waals surface area contributed by atoms with Gasteiger partial charge in [0.25, 0.3) is 0 Å². The highest BCUT2D eigenvalue weighted by Crippen LogP contribution is 2.22. The summed E-state index contributed by atoms with van der Waals surface area (Å²) in [6.07, 6.45) is 4.63. The van der Waals surface area contributed by atoms with Gasteiger partial charge in [0.15, 0.2) is 0 Å². The van der Waals surface area contributed by atoms with Crippen LogP contribution in [0, 0.1) is 0 Å². The van der Waals surface area contributed by atoms with E-state index in [0.717, 1.165) is 69.4 Å². The molecule has 118 valence electrons. The molecular formula is C16H28N4O. The molecule has 0 aromatic carbocycles. The Morgan fingerprint density at radius 1 is 1.33 bits per heavy atom. The SMILES string of the molecule is CCCc1nc(NCC)cc(N2CCCC(OCC)C2)n1. The first-order chi connectivity index (χ1) is 10.3. The molecule has 1 unspecified atom stereocenters. The summed E-state index contributed by atoms with van der Waals surface area (Å²) in [5.74, 6) is 2.91. The molecule has 0 amide bonds. The fraction of sp³-hybridized carbons (Fsp3) is 0.750. The van der Waals surface area contributed by atoms with Crippen molar-refractivity contribution >= 4 is 11.6 Å². The average molecular weight is 292 g/mol. The van der Waals surface area contributed by atoms with E-state index in [0.29, 0.717) is 6.10 Å². The molecule has 1 atom stereocenters. The Labute approximate surface area is 128 Å². The zero-order valence-electron chi connectivity index (χ0n) is 13.6. The van der Waals surface area contributed by atoms with Crippen LogP contribution in [0.4, 0.5) is 11.6 Å². The van der Waals surface area contributed by atoms with Gasteiger partial charge in [-0.2, -0.15) is 0 Å². The number of nitrogens with zero attached hydrogens (tertiary/aromatic N) is 3. The normalized spacial score (nSPS) is 18.8. The maximum Gasteiger partial charge on any atom is 0.134 e. The van der Waals surface area contributed by atoms with Gasteiger partial charge in [-0.3, -0.25) is 0 Å². The molecule has 1 fully saturated rings. The van der Waals surface area contributed by atoms with E-state index in [1.165, 1.54) is 0 Å². The molecule has 0 radical (unpaired) electrons. The summed E-state index contributed by atoms with van der Waals surface area (Å²) >= 11 is 0. The smallest absolute Gasteiger partial charge is 0.134 e. The first kappa shape index (κ1) is 16.0. The van der Waals surface area contributed by atoms with Crippen molar-refractivity contribution in [1.29, 1.82) is 0 Å². The molecule has 0 spiro atoms. The lowest BCUT2D eigenvalue weighted by molar-refractivity contribution is 0.0525. The first-order valence-corrected chi connectivity index (χ1v) is 8.25. The van der Waals surface area contributed by atoms with Gasteiger partial charge in [-0.05, 0) is 33.1 Å². The third-order valence-electron chi connectivity index (χ3n) is 3.69. The lowest BCUT2D eigenvalue weighted by Gasteiger charge is -2.33. The summed E-state index contributed by atoms with van der Waals surface area (Å²) in [5.41, 5.74) is 0. The van der Waals surface area contributed by atoms with Gasteiger partial charge in [-0.1, -0.05) is 6.92 Å². The van der Waals surface area contributed by atoms with Gasteiger partial charge in [0, 0.05) is 38.7 Å². The van der Waals surface area contributed by atoms with Crippen LogP contribution in [0.1, 0.15) is 45.9 Å². The highest BCUT2D eigenvalue weighted by Gasteiger charge is 2.22. The minimum atomic E-state index is 0.330. The Morgan fingerprint density at radius 2 is 2.19 bits per heavy atom. The molecule has 1 aliphatic heterocycles. The van der Waals surface area contributed by atoms with Crippen LogP contribution in [0.15, 0.2) is 6.07 Å². The predicted octanol–water partition coefficient (Wildman–Crippen LogP) is 2.87. The Kier molecular flexibility index (Phi) is 6.23. The van der Waals surface area contributed by atoms with Crippen LogP contribution in [0.2, 0.25) is 0 Å². The highest BCUT2D eigenvalue weighted by molar-refractivity contribution is 5.49. The van der Waals surface area contributed by atoms with E-state index < -0.39 is 0 Å². The zero-order valence-corrected chi connectivity index (χ0v) is 13.6. The summed E-state index contributed by atoms with van der Waals surface area (Å²) < 4.78 is 5.79. The standard InChI is InChI=1S/C16H28N4O/c1-4-8-14-18-15(17-5-2)11-16(19-14)20-10-7-9-13(12-20)21-6-3/h11,13H,4-10,12H2,1-3H3,(H,17,18,19). The van der Waals surface area contributed by atoms with Crippen LogP contribution in [0.25, 0.3) is 0 Å². The molecule has 0 saturated carbocycles. The number of aromatic nitrogens is 2. The van der Waals surface area contributed by atoms with E-state index in [1.54, 1.807) is 0 Å². The second-order valence-electron chi connectivity index (χ2n) is 5.47. The largest absolute Gasteiger partial charge is 0.377 e. The van der Waals surface area contributed by atoms with E-state index in [1.807, 2.05) is 0 Å². The molecule has 5 nitrogen and oxygen atoms in total. The van der Waals surface area contributed by atoms with Gasteiger partial charge in [0.05, 0.1) is 6.10 Å².